The van der Waals surface area contributed by atoms with E-state index in [1.54, 1.807) is 18.0 Å². The van der Waals surface area contributed by atoms with Crippen LogP contribution >= 0.6 is 0 Å². The molecule has 0 spiro atoms. The predicted molar refractivity (Wildman–Crippen MR) is 120 cm³/mol. The number of carbonyl (C=O) groups excluding carboxylic acids is 1. The Morgan fingerprint density at radius 2 is 1.52 bits per heavy atom. The lowest BCUT2D eigenvalue weighted by Crippen LogP contribution is -2.37. The van der Waals surface area contributed by atoms with E-state index in [-0.39, 0.29) is 17.2 Å². The van der Waals surface area contributed by atoms with Crippen LogP contribution in [0.4, 0.5) is 0 Å². The summed E-state index contributed by atoms with van der Waals surface area (Å²) in [7, 11) is 4.64. The van der Waals surface area contributed by atoms with Crippen LogP contribution in [0.25, 0.3) is 22.2 Å². The SMILES string of the molecule is CN(Cc1ccc(-c2ccccc2)cc1)C(=O)c1ccc2c(=O)n(C)c(=O)n(C)c2n1. The summed E-state index contributed by atoms with van der Waals surface area (Å²) in [5.74, 6) is -0.290. The molecular formula is C24H22N4O3. The van der Waals surface area contributed by atoms with Gasteiger partial charge in [-0.2, -0.15) is 0 Å². The van der Waals surface area contributed by atoms with Gasteiger partial charge in [-0.3, -0.25) is 18.7 Å². The second kappa shape index (κ2) is 8.02. The minimum atomic E-state index is -0.485. The maximum Gasteiger partial charge on any atom is 0.332 e. The molecule has 2 aromatic heterocycles. The quantitative estimate of drug-likeness (QED) is 0.514. The fourth-order valence-electron chi connectivity index (χ4n) is 3.55. The molecule has 2 aromatic carbocycles. The van der Waals surface area contributed by atoms with Crippen molar-refractivity contribution in [3.63, 3.8) is 0 Å². The van der Waals surface area contributed by atoms with Gasteiger partial charge in [0.25, 0.3) is 11.5 Å². The topological polar surface area (TPSA) is 77.2 Å². The standard InChI is InChI=1S/C24H22N4O3/c1-26(15-16-9-11-18(12-10-16)17-7-5-4-6-8-17)23(30)20-14-13-19-21(25-20)27(2)24(31)28(3)22(19)29/h4-14H,15H2,1-3H3. The molecule has 0 atom stereocenters. The van der Waals surface area contributed by atoms with Crippen molar-refractivity contribution in [1.82, 2.24) is 19.0 Å². The van der Waals surface area contributed by atoms with Gasteiger partial charge in [-0.25, -0.2) is 9.78 Å². The third-order valence-corrected chi connectivity index (χ3v) is 5.35. The summed E-state index contributed by atoms with van der Waals surface area (Å²) in [5, 5.41) is 0.292. The number of carbonyl (C=O) groups is 1. The van der Waals surface area contributed by atoms with Gasteiger partial charge in [0.2, 0.25) is 0 Å². The minimum Gasteiger partial charge on any atom is -0.336 e. The zero-order chi connectivity index (χ0) is 22.1. The van der Waals surface area contributed by atoms with Crippen LogP contribution in [0.3, 0.4) is 0 Å². The highest BCUT2D eigenvalue weighted by molar-refractivity contribution is 5.94. The highest BCUT2D eigenvalue weighted by Gasteiger charge is 2.17. The molecule has 7 heteroatoms. The van der Waals surface area contributed by atoms with Crippen molar-refractivity contribution in [3.05, 3.63) is 98.8 Å². The van der Waals surface area contributed by atoms with Gasteiger partial charge in [0.15, 0.2) is 0 Å². The summed E-state index contributed by atoms with van der Waals surface area (Å²) in [6.45, 7) is 0.406. The molecule has 0 aliphatic carbocycles. The number of nitrogens with zero attached hydrogens (tertiary/aromatic N) is 4. The molecule has 0 unspecified atom stereocenters. The van der Waals surface area contributed by atoms with Crippen molar-refractivity contribution >= 4 is 16.9 Å². The largest absolute Gasteiger partial charge is 0.336 e. The molecule has 4 rings (SSSR count). The molecule has 2 heterocycles. The molecule has 156 valence electrons. The molecule has 0 N–H and O–H groups in total. The average molecular weight is 414 g/mol. The third-order valence-electron chi connectivity index (χ3n) is 5.35. The van der Waals surface area contributed by atoms with Gasteiger partial charge in [0.05, 0.1) is 5.39 Å². The summed E-state index contributed by atoms with van der Waals surface area (Å²) in [5.41, 5.74) is 2.68. The van der Waals surface area contributed by atoms with Gasteiger partial charge in [-0.15, -0.1) is 0 Å². The first-order chi connectivity index (χ1) is 14.9. The Hall–Kier alpha value is -4.00. The van der Waals surface area contributed by atoms with Crippen LogP contribution < -0.4 is 11.2 Å². The fraction of sp³-hybridized carbons (Fsp3) is 0.167. The molecule has 31 heavy (non-hydrogen) atoms. The lowest BCUT2D eigenvalue weighted by Gasteiger charge is -2.17. The van der Waals surface area contributed by atoms with Crippen LogP contribution in [0.15, 0.2) is 76.3 Å². The van der Waals surface area contributed by atoms with Crippen molar-refractivity contribution < 1.29 is 4.79 Å². The zero-order valence-electron chi connectivity index (χ0n) is 17.6. The highest BCUT2D eigenvalue weighted by Crippen LogP contribution is 2.20. The molecule has 4 aromatic rings. The average Bonchev–Trinajstić information content (AvgIpc) is 2.81. The summed E-state index contributed by atoms with van der Waals surface area (Å²) in [6.07, 6.45) is 0. The molecule has 0 radical (unpaired) electrons. The molecule has 7 nitrogen and oxygen atoms in total. The lowest BCUT2D eigenvalue weighted by atomic mass is 10.0. The Morgan fingerprint density at radius 1 is 0.871 bits per heavy atom. The number of fused-ring (bicyclic) bond motifs is 1. The maximum atomic E-state index is 12.9. The van der Waals surface area contributed by atoms with E-state index in [1.165, 1.54) is 24.7 Å². The van der Waals surface area contributed by atoms with Crippen molar-refractivity contribution in [3.8, 4) is 11.1 Å². The van der Waals surface area contributed by atoms with Gasteiger partial charge >= 0.3 is 5.69 Å². The van der Waals surface area contributed by atoms with Crippen molar-refractivity contribution in [1.29, 1.82) is 0 Å². The first kappa shape index (κ1) is 20.3. The molecule has 0 saturated heterocycles. The zero-order valence-corrected chi connectivity index (χ0v) is 17.6. The van der Waals surface area contributed by atoms with Crippen LogP contribution in [-0.2, 0) is 20.6 Å². The number of benzene rings is 2. The van der Waals surface area contributed by atoms with Crippen LogP contribution in [0, 0.1) is 0 Å². The van der Waals surface area contributed by atoms with Crippen LogP contribution in [0.1, 0.15) is 16.1 Å². The number of amides is 1. The van der Waals surface area contributed by atoms with Crippen LogP contribution in [0.2, 0.25) is 0 Å². The summed E-state index contributed by atoms with van der Waals surface area (Å²) < 4.78 is 2.30. The van der Waals surface area contributed by atoms with E-state index in [4.69, 9.17) is 0 Å². The Morgan fingerprint density at radius 3 is 2.19 bits per heavy atom. The third kappa shape index (κ3) is 3.77. The minimum absolute atomic E-state index is 0.180. The smallest absolute Gasteiger partial charge is 0.332 e. The van der Waals surface area contributed by atoms with Crippen molar-refractivity contribution in [2.45, 2.75) is 6.54 Å². The molecule has 0 bridgehead atoms. The maximum absolute atomic E-state index is 12.9. The van der Waals surface area contributed by atoms with E-state index >= 15 is 0 Å². The van der Waals surface area contributed by atoms with Gasteiger partial charge in [-0.1, -0.05) is 54.6 Å². The van der Waals surface area contributed by atoms with E-state index < -0.39 is 11.2 Å². The van der Waals surface area contributed by atoms with E-state index in [1.807, 2.05) is 42.5 Å². The molecule has 0 fully saturated rings. The predicted octanol–water partition coefficient (Wildman–Crippen LogP) is 2.57. The Bertz CT molecular complexity index is 1390. The molecule has 0 aliphatic heterocycles. The molecular weight excluding hydrogens is 392 g/mol. The van der Waals surface area contributed by atoms with Crippen molar-refractivity contribution in [2.24, 2.45) is 14.1 Å². The number of hydrogen-bond acceptors (Lipinski definition) is 4. The number of hydrogen-bond donors (Lipinski definition) is 0. The monoisotopic (exact) mass is 414 g/mol. The molecule has 0 saturated carbocycles. The van der Waals surface area contributed by atoms with E-state index in [0.29, 0.717) is 11.9 Å². The van der Waals surface area contributed by atoms with Crippen LogP contribution in [-0.4, -0.2) is 32.0 Å². The second-order valence-corrected chi connectivity index (χ2v) is 7.50. The number of aryl methyl sites for hydroxylation is 1. The molecule has 0 aliphatic rings. The summed E-state index contributed by atoms with van der Waals surface area (Å²) in [6, 6.07) is 21.2. The van der Waals surface area contributed by atoms with E-state index in [2.05, 4.69) is 17.1 Å². The van der Waals surface area contributed by atoms with Gasteiger partial charge < -0.3 is 4.90 Å². The highest BCUT2D eigenvalue weighted by atomic mass is 16.2. The summed E-state index contributed by atoms with van der Waals surface area (Å²) >= 11 is 0. The van der Waals surface area contributed by atoms with Gasteiger partial charge in [0, 0.05) is 27.7 Å². The molecule has 1 amide bonds. The normalized spacial score (nSPS) is 10.9. The Kier molecular flexibility index (Phi) is 5.25. The van der Waals surface area contributed by atoms with E-state index in [9.17, 15) is 14.4 Å². The Labute approximate surface area is 178 Å². The van der Waals surface area contributed by atoms with Crippen LogP contribution in [0.5, 0.6) is 0 Å². The fourth-order valence-corrected chi connectivity index (χ4v) is 3.55. The number of rotatable bonds is 4. The second-order valence-electron chi connectivity index (χ2n) is 7.50. The Balaban J connectivity index is 1.57. The lowest BCUT2D eigenvalue weighted by molar-refractivity contribution is 0.0779. The van der Waals surface area contributed by atoms with Crippen molar-refractivity contribution in [2.75, 3.05) is 7.05 Å². The number of aromatic nitrogens is 3. The van der Waals surface area contributed by atoms with Gasteiger partial charge in [-0.05, 0) is 28.8 Å². The van der Waals surface area contributed by atoms with Gasteiger partial charge in [0.1, 0.15) is 11.3 Å². The summed E-state index contributed by atoms with van der Waals surface area (Å²) in [4.78, 5) is 43.3. The first-order valence-electron chi connectivity index (χ1n) is 9.83. The first-order valence-corrected chi connectivity index (χ1v) is 9.83. The van der Waals surface area contributed by atoms with E-state index in [0.717, 1.165) is 21.3 Å². The number of pyridine rings is 1.